The largest absolute Gasteiger partial charge is 0.371 e. The maximum Gasteiger partial charge on any atom is 0.0431 e. The molecule has 0 heterocycles. The fourth-order valence-electron chi connectivity index (χ4n) is 5.86. The molecule has 36 heavy (non-hydrogen) atoms. The van der Waals surface area contributed by atoms with E-state index in [1.807, 2.05) is 13.8 Å². The zero-order valence-corrected chi connectivity index (χ0v) is 25.5. The first-order chi connectivity index (χ1) is 17.3. The van der Waals surface area contributed by atoms with Gasteiger partial charge in [-0.15, -0.1) is 0 Å². The van der Waals surface area contributed by atoms with Crippen molar-refractivity contribution in [2.75, 3.05) is 11.9 Å². The summed E-state index contributed by atoms with van der Waals surface area (Å²) in [5.41, 5.74) is 8.54. The van der Waals surface area contributed by atoms with E-state index in [0.29, 0.717) is 6.04 Å². The van der Waals surface area contributed by atoms with Crippen LogP contribution in [0.4, 0.5) is 5.69 Å². The Balaban J connectivity index is 0.00000421. The van der Waals surface area contributed by atoms with Crippen molar-refractivity contribution < 1.29 is 1.43 Å². The Morgan fingerprint density at radius 1 is 0.917 bits per heavy atom. The van der Waals surface area contributed by atoms with Crippen LogP contribution in [0.15, 0.2) is 42.5 Å². The van der Waals surface area contributed by atoms with Gasteiger partial charge in [-0.3, -0.25) is 0 Å². The molecule has 0 fully saturated rings. The Morgan fingerprint density at radius 2 is 1.58 bits per heavy atom. The van der Waals surface area contributed by atoms with Gasteiger partial charge in [0.2, 0.25) is 0 Å². The Morgan fingerprint density at radius 3 is 2.17 bits per heavy atom. The molecule has 0 aliphatic rings. The highest BCUT2D eigenvalue weighted by atomic mass is 15.1. The van der Waals surface area contributed by atoms with Crippen LogP contribution in [0, 0.1) is 32.6 Å². The van der Waals surface area contributed by atoms with Crippen molar-refractivity contribution in [3.05, 3.63) is 70.3 Å². The topological polar surface area (TPSA) is 3.24 Å². The maximum atomic E-state index is 2.62. The normalized spacial score (nSPS) is 13.7. The molecule has 1 heteroatoms. The Kier molecular flexibility index (Phi) is 15.5. The summed E-state index contributed by atoms with van der Waals surface area (Å²) < 4.78 is 0. The first kappa shape index (κ1) is 32.0. The van der Waals surface area contributed by atoms with Crippen LogP contribution in [0.1, 0.15) is 116 Å². The number of hydrogen-bond donors (Lipinski definition) is 0. The van der Waals surface area contributed by atoms with Crippen LogP contribution in [0.2, 0.25) is 0 Å². The zero-order valence-electron chi connectivity index (χ0n) is 25.5. The molecule has 2 rings (SSSR count). The predicted octanol–water partition coefficient (Wildman–Crippen LogP) is 11.0. The molecule has 204 valence electrons. The quantitative estimate of drug-likeness (QED) is 0.253. The lowest BCUT2D eigenvalue weighted by Gasteiger charge is -2.34. The Hall–Kier alpha value is -2.02. The molecule has 0 radical (unpaired) electrons. The number of nitrogens with zero attached hydrogens (tertiary/aromatic N) is 1. The van der Waals surface area contributed by atoms with Gasteiger partial charge in [-0.1, -0.05) is 96.0 Å². The van der Waals surface area contributed by atoms with Crippen molar-refractivity contribution in [2.45, 2.75) is 120 Å². The summed E-state index contributed by atoms with van der Waals surface area (Å²) >= 11 is 0. The highest BCUT2D eigenvalue weighted by molar-refractivity contribution is 5.70. The molecule has 2 aromatic carbocycles. The van der Waals surface area contributed by atoms with Crippen LogP contribution >= 0.6 is 0 Å². The first-order valence-corrected chi connectivity index (χ1v) is 14.8. The van der Waals surface area contributed by atoms with E-state index in [4.69, 9.17) is 0 Å². The average molecular weight is 494 g/mol. The molecule has 3 atom stereocenters. The van der Waals surface area contributed by atoms with Crippen LogP contribution in [0.25, 0.3) is 6.08 Å². The van der Waals surface area contributed by atoms with Gasteiger partial charge in [0.1, 0.15) is 0 Å². The molecule has 0 bridgehead atoms. The van der Waals surface area contributed by atoms with Crippen molar-refractivity contribution in [2.24, 2.45) is 11.8 Å². The van der Waals surface area contributed by atoms with E-state index >= 15 is 0 Å². The van der Waals surface area contributed by atoms with Crippen LogP contribution in [-0.4, -0.2) is 13.1 Å². The van der Waals surface area contributed by atoms with Gasteiger partial charge in [0.15, 0.2) is 0 Å². The second-order valence-corrected chi connectivity index (χ2v) is 10.7. The molecule has 0 aliphatic heterocycles. The van der Waals surface area contributed by atoms with Crippen molar-refractivity contribution in [1.29, 1.82) is 0 Å². The maximum absolute atomic E-state index is 2.62. The molecule has 0 saturated carbocycles. The molecule has 2 aromatic rings. The second-order valence-electron chi connectivity index (χ2n) is 10.7. The Labute approximate surface area is 226 Å². The van der Waals surface area contributed by atoms with E-state index in [1.165, 1.54) is 84.9 Å². The van der Waals surface area contributed by atoms with Crippen LogP contribution in [0.3, 0.4) is 0 Å². The van der Waals surface area contributed by atoms with E-state index in [9.17, 15) is 0 Å². The van der Waals surface area contributed by atoms with Crippen LogP contribution < -0.4 is 4.90 Å². The van der Waals surface area contributed by atoms with Crippen LogP contribution in [0.5, 0.6) is 0 Å². The van der Waals surface area contributed by atoms with Gasteiger partial charge in [-0.2, -0.15) is 0 Å². The number of hydrogen-bond acceptors (Lipinski definition) is 1. The minimum atomic E-state index is 0. The highest BCUT2D eigenvalue weighted by Crippen LogP contribution is 2.34. The third-order valence-corrected chi connectivity index (χ3v) is 7.84. The van der Waals surface area contributed by atoms with Gasteiger partial charge in [0, 0.05) is 20.2 Å². The third-order valence-electron chi connectivity index (χ3n) is 7.84. The molecule has 3 unspecified atom stereocenters. The second kappa shape index (κ2) is 17.4. The monoisotopic (exact) mass is 493 g/mol. The van der Waals surface area contributed by atoms with E-state index in [-0.39, 0.29) is 1.43 Å². The van der Waals surface area contributed by atoms with Crippen molar-refractivity contribution in [1.82, 2.24) is 0 Å². The predicted molar refractivity (Wildman–Crippen MR) is 167 cm³/mol. The number of anilines is 1. The summed E-state index contributed by atoms with van der Waals surface area (Å²) in [6, 6.07) is 14.0. The number of rotatable bonds is 14. The lowest BCUT2D eigenvalue weighted by molar-refractivity contribution is 0.327. The SMILES string of the molecule is C/C=C\c1c(C)cc(C)c(N(C)C(CCC)CCC(CC)CC(C)CCc2ccccc2)c1C.CC.[HH]. The summed E-state index contributed by atoms with van der Waals surface area (Å²) in [5, 5.41) is 0. The summed E-state index contributed by atoms with van der Waals surface area (Å²) in [6.45, 7) is 20.2. The average Bonchev–Trinajstić information content (AvgIpc) is 2.88. The van der Waals surface area contributed by atoms with E-state index < -0.39 is 0 Å². The minimum absolute atomic E-state index is 0. The summed E-state index contributed by atoms with van der Waals surface area (Å²) in [6.07, 6.45) is 14.8. The zero-order chi connectivity index (χ0) is 27.1. The molecule has 0 N–H and O–H groups in total. The summed E-state index contributed by atoms with van der Waals surface area (Å²) in [4.78, 5) is 2.62. The molecule has 0 spiro atoms. The first-order valence-electron chi connectivity index (χ1n) is 14.8. The fourth-order valence-corrected chi connectivity index (χ4v) is 5.86. The van der Waals surface area contributed by atoms with E-state index in [1.54, 1.807) is 0 Å². The Bertz CT molecular complexity index is 886. The molecule has 0 aromatic heterocycles. The molecular formula is C35H59N. The van der Waals surface area contributed by atoms with Gasteiger partial charge in [-0.25, -0.2) is 0 Å². The van der Waals surface area contributed by atoms with Gasteiger partial charge in [0.05, 0.1) is 0 Å². The highest BCUT2D eigenvalue weighted by Gasteiger charge is 2.22. The molecule has 0 aliphatic carbocycles. The minimum Gasteiger partial charge on any atom is -0.371 e. The van der Waals surface area contributed by atoms with Crippen molar-refractivity contribution in [3.63, 3.8) is 0 Å². The molecule has 0 saturated heterocycles. The standard InChI is InChI=1S/C33H51N.C2H6.H2/c1-9-15-31(34(8)33-27(6)24-26(5)32(16-10-2)28(33)7)22-21-29(11-3)23-25(4)19-20-30-17-13-12-14-18-30;1-2;/h10,12-14,16-18,24-25,29,31H,9,11,15,19-23H2,1-8H3;1-2H3;1H/b16-10-;;. The van der Waals surface area contributed by atoms with Crippen LogP contribution in [-0.2, 0) is 6.42 Å². The molecular weight excluding hydrogens is 434 g/mol. The lowest BCUT2D eigenvalue weighted by atomic mass is 9.85. The van der Waals surface area contributed by atoms with Gasteiger partial charge < -0.3 is 4.90 Å². The fraction of sp³-hybridized carbons (Fsp3) is 0.600. The third kappa shape index (κ3) is 9.79. The number of allylic oxidation sites excluding steroid dienone is 1. The number of benzene rings is 2. The van der Waals surface area contributed by atoms with E-state index in [2.05, 4.69) is 109 Å². The van der Waals surface area contributed by atoms with Gasteiger partial charge in [0.25, 0.3) is 0 Å². The lowest BCUT2D eigenvalue weighted by Crippen LogP contribution is -2.33. The molecule has 1 nitrogen and oxygen atoms in total. The van der Waals surface area contributed by atoms with E-state index in [0.717, 1.165) is 11.8 Å². The molecule has 0 amide bonds. The van der Waals surface area contributed by atoms with Crippen molar-refractivity contribution >= 4 is 11.8 Å². The summed E-state index contributed by atoms with van der Waals surface area (Å²) in [5.74, 6) is 1.62. The van der Waals surface area contributed by atoms with Gasteiger partial charge in [-0.05, 0) is 106 Å². The number of aryl methyl sites for hydroxylation is 3. The smallest absolute Gasteiger partial charge is 0.0431 e. The van der Waals surface area contributed by atoms with Crippen molar-refractivity contribution in [3.8, 4) is 0 Å². The van der Waals surface area contributed by atoms with Gasteiger partial charge >= 0.3 is 0 Å². The summed E-state index contributed by atoms with van der Waals surface area (Å²) in [7, 11) is 2.34.